The molecule has 2 N–H and O–H groups in total. The molecular weight excluding hydrogens is 564 g/mol. The molecule has 0 radical (unpaired) electrons. The van der Waals surface area contributed by atoms with Gasteiger partial charge in [-0.05, 0) is 78.6 Å². The number of pyridine rings is 1. The van der Waals surface area contributed by atoms with Crippen molar-refractivity contribution in [2.24, 2.45) is 0 Å². The summed E-state index contributed by atoms with van der Waals surface area (Å²) in [5, 5.41) is 14.5. The van der Waals surface area contributed by atoms with Crippen molar-refractivity contribution in [1.29, 1.82) is 0 Å². The van der Waals surface area contributed by atoms with E-state index in [0.29, 0.717) is 37.2 Å². The summed E-state index contributed by atoms with van der Waals surface area (Å²) >= 11 is 0. The van der Waals surface area contributed by atoms with E-state index in [1.54, 1.807) is 18.3 Å². The van der Waals surface area contributed by atoms with Crippen molar-refractivity contribution in [2.45, 2.75) is 81.0 Å². The highest BCUT2D eigenvalue weighted by Crippen LogP contribution is 2.45. The van der Waals surface area contributed by atoms with Crippen LogP contribution in [0.4, 0.5) is 0 Å². The van der Waals surface area contributed by atoms with Crippen LogP contribution in [0.25, 0.3) is 16.8 Å². The number of amides is 1. The summed E-state index contributed by atoms with van der Waals surface area (Å²) in [5.41, 5.74) is 3.35. The maximum atomic E-state index is 13.9. The molecule has 2 aromatic heterocycles. The first-order chi connectivity index (χ1) is 20.7. The van der Waals surface area contributed by atoms with Gasteiger partial charge in [-0.25, -0.2) is 8.42 Å². The number of aromatic nitrogens is 3. The second-order valence-electron chi connectivity index (χ2n) is 10.9. The maximum Gasteiger partial charge on any atom is 0.296 e. The molecule has 1 saturated carbocycles. The first kappa shape index (κ1) is 30.2. The van der Waals surface area contributed by atoms with Gasteiger partial charge in [0.25, 0.3) is 5.56 Å². The standard InChI is InChI=1S/C33H36N4O5S/c1-4-7-11-28-36-31(39)30(32(40)37(28)29-22(5-2)9-8-10-23(29)6-3)43(41,42)26-14-12-24(13-15-26)25-16-19-34-27(20-25)33(17-18-33)35-21-38/h8-10,12-16,19-21,40H,4-7,11,17-18H2,1-3H3,(H,35,38). The summed E-state index contributed by atoms with van der Waals surface area (Å²) in [6.07, 6.45) is 7.20. The van der Waals surface area contributed by atoms with Gasteiger partial charge < -0.3 is 10.4 Å². The lowest BCUT2D eigenvalue weighted by atomic mass is 10.0. The Bertz CT molecular complexity index is 1810. The molecule has 1 aliphatic rings. The summed E-state index contributed by atoms with van der Waals surface area (Å²) in [4.78, 5) is 32.2. The normalized spacial score (nSPS) is 13.9. The Morgan fingerprint density at radius 1 is 1.00 bits per heavy atom. The number of aromatic hydroxyl groups is 1. The van der Waals surface area contributed by atoms with Gasteiger partial charge in [0.1, 0.15) is 5.82 Å². The fourth-order valence-corrected chi connectivity index (χ4v) is 6.88. The molecule has 10 heteroatoms. The molecule has 0 aliphatic heterocycles. The van der Waals surface area contributed by atoms with Gasteiger partial charge >= 0.3 is 0 Å². The van der Waals surface area contributed by atoms with E-state index >= 15 is 0 Å². The lowest BCUT2D eigenvalue weighted by Gasteiger charge is -2.22. The van der Waals surface area contributed by atoms with Gasteiger partial charge in [0.15, 0.2) is 4.90 Å². The molecule has 9 nitrogen and oxygen atoms in total. The molecule has 1 amide bonds. The molecule has 43 heavy (non-hydrogen) atoms. The molecule has 0 saturated heterocycles. The van der Waals surface area contributed by atoms with Crippen LogP contribution in [0.15, 0.2) is 75.4 Å². The number of hydrogen-bond acceptors (Lipinski definition) is 7. The molecule has 0 unspecified atom stereocenters. The molecular formula is C33H36N4O5S. The molecule has 224 valence electrons. The molecule has 1 fully saturated rings. The second-order valence-corrected chi connectivity index (χ2v) is 12.7. The molecule has 0 bridgehead atoms. The Morgan fingerprint density at radius 2 is 1.67 bits per heavy atom. The Morgan fingerprint density at radius 3 is 2.26 bits per heavy atom. The third-order valence-corrected chi connectivity index (χ3v) is 9.93. The molecule has 1 aliphatic carbocycles. The van der Waals surface area contributed by atoms with Crippen molar-refractivity contribution in [1.82, 2.24) is 19.9 Å². The lowest BCUT2D eigenvalue weighted by molar-refractivity contribution is -0.110. The predicted octanol–water partition coefficient (Wildman–Crippen LogP) is 5.04. The van der Waals surface area contributed by atoms with Gasteiger partial charge in [-0.2, -0.15) is 4.98 Å². The van der Waals surface area contributed by atoms with Crippen LogP contribution in [0, 0.1) is 0 Å². The average molecular weight is 601 g/mol. The molecule has 5 rings (SSSR count). The molecule has 0 atom stereocenters. The van der Waals surface area contributed by atoms with Crippen LogP contribution in [0.2, 0.25) is 0 Å². The molecule has 2 aromatic carbocycles. The van der Waals surface area contributed by atoms with Gasteiger partial charge in [-0.3, -0.25) is 19.1 Å². The average Bonchev–Trinajstić information content (AvgIpc) is 3.80. The topological polar surface area (TPSA) is 131 Å². The maximum absolute atomic E-state index is 13.9. The second kappa shape index (κ2) is 12.1. The Hall–Kier alpha value is -4.31. The van der Waals surface area contributed by atoms with E-state index in [1.165, 1.54) is 16.7 Å². The van der Waals surface area contributed by atoms with E-state index < -0.39 is 31.7 Å². The van der Waals surface area contributed by atoms with E-state index in [4.69, 9.17) is 0 Å². The zero-order valence-electron chi connectivity index (χ0n) is 24.6. The number of nitrogens with zero attached hydrogens (tertiary/aromatic N) is 3. The summed E-state index contributed by atoms with van der Waals surface area (Å²) < 4.78 is 29.4. The lowest BCUT2D eigenvalue weighted by Crippen LogP contribution is -2.28. The molecule has 0 spiro atoms. The van der Waals surface area contributed by atoms with Crippen molar-refractivity contribution < 1.29 is 18.3 Å². The highest BCUT2D eigenvalue weighted by atomic mass is 32.2. The van der Waals surface area contributed by atoms with Crippen molar-refractivity contribution in [3.8, 4) is 22.7 Å². The fourth-order valence-electron chi connectivity index (χ4n) is 5.54. The van der Waals surface area contributed by atoms with Crippen molar-refractivity contribution in [2.75, 3.05) is 0 Å². The summed E-state index contributed by atoms with van der Waals surface area (Å²) in [6.45, 7) is 6.00. The van der Waals surface area contributed by atoms with E-state index in [9.17, 15) is 23.1 Å². The number of unbranched alkanes of at least 4 members (excludes halogenated alkanes) is 1. The first-order valence-electron chi connectivity index (χ1n) is 14.7. The Balaban J connectivity index is 1.60. The minimum atomic E-state index is -4.44. The number of hydrogen-bond donors (Lipinski definition) is 2. The SMILES string of the molecule is CCCCc1nc(=O)c(S(=O)(=O)c2ccc(-c3ccnc(C4(NC=O)CC4)c3)cc2)c(O)n1-c1c(CC)cccc1CC. The number of para-hydroxylation sites is 1. The number of sulfone groups is 1. The van der Waals surface area contributed by atoms with E-state index in [2.05, 4.69) is 15.3 Å². The summed E-state index contributed by atoms with van der Waals surface area (Å²) in [7, 11) is -4.44. The van der Waals surface area contributed by atoms with Crippen LogP contribution in [0.3, 0.4) is 0 Å². The number of rotatable bonds is 12. The number of carbonyl (C=O) groups excluding carboxylic acids is 1. The van der Waals surface area contributed by atoms with E-state index in [-0.39, 0.29) is 4.90 Å². The zero-order valence-corrected chi connectivity index (χ0v) is 25.4. The number of carbonyl (C=O) groups is 1. The monoisotopic (exact) mass is 600 g/mol. The number of aryl methyl sites for hydroxylation is 3. The molecule has 2 heterocycles. The van der Waals surface area contributed by atoms with Gasteiger partial charge in [0.2, 0.25) is 22.1 Å². The van der Waals surface area contributed by atoms with Crippen LogP contribution in [0.5, 0.6) is 5.88 Å². The van der Waals surface area contributed by atoms with Gasteiger partial charge in [0.05, 0.1) is 21.8 Å². The van der Waals surface area contributed by atoms with Crippen LogP contribution in [-0.4, -0.2) is 34.5 Å². The smallest absolute Gasteiger partial charge is 0.296 e. The zero-order chi connectivity index (χ0) is 30.8. The fraction of sp³-hybridized carbons (Fsp3) is 0.333. The summed E-state index contributed by atoms with van der Waals surface area (Å²) in [5.74, 6) is -0.290. The van der Waals surface area contributed by atoms with Crippen LogP contribution in [-0.2, 0) is 39.4 Å². The largest absolute Gasteiger partial charge is 0.493 e. The highest BCUT2D eigenvalue weighted by molar-refractivity contribution is 7.91. The van der Waals surface area contributed by atoms with E-state index in [0.717, 1.165) is 53.6 Å². The van der Waals surface area contributed by atoms with Crippen molar-refractivity contribution in [3.63, 3.8) is 0 Å². The third kappa shape index (κ3) is 5.59. The minimum absolute atomic E-state index is 0.131. The summed E-state index contributed by atoms with van der Waals surface area (Å²) in [6, 6.07) is 15.7. The molecule has 4 aromatic rings. The van der Waals surface area contributed by atoms with Crippen LogP contribution in [0.1, 0.15) is 69.1 Å². The quantitative estimate of drug-likeness (QED) is 0.218. The number of nitrogens with one attached hydrogen (secondary N) is 1. The van der Waals surface area contributed by atoms with Crippen molar-refractivity contribution >= 4 is 16.2 Å². The van der Waals surface area contributed by atoms with Gasteiger partial charge in [-0.1, -0.05) is 57.5 Å². The highest BCUT2D eigenvalue weighted by Gasteiger charge is 2.45. The van der Waals surface area contributed by atoms with Crippen molar-refractivity contribution in [3.05, 3.63) is 93.8 Å². The number of benzene rings is 2. The van der Waals surface area contributed by atoms with Gasteiger partial charge in [-0.15, -0.1) is 0 Å². The van der Waals surface area contributed by atoms with Crippen LogP contribution < -0.4 is 10.9 Å². The minimum Gasteiger partial charge on any atom is -0.493 e. The Kier molecular flexibility index (Phi) is 8.50. The third-order valence-electron chi connectivity index (χ3n) is 8.14. The van der Waals surface area contributed by atoms with Crippen LogP contribution >= 0.6 is 0 Å². The van der Waals surface area contributed by atoms with E-state index in [1.807, 2.05) is 51.1 Å². The first-order valence-corrected chi connectivity index (χ1v) is 16.2. The van der Waals surface area contributed by atoms with Gasteiger partial charge in [0, 0.05) is 12.6 Å². The Labute approximate surface area is 251 Å². The predicted molar refractivity (Wildman–Crippen MR) is 164 cm³/mol.